The lowest BCUT2D eigenvalue weighted by atomic mass is 9.50. The fourth-order valence-corrected chi connectivity index (χ4v) is 8.28. The number of aromatic nitrogens is 1. The summed E-state index contributed by atoms with van der Waals surface area (Å²) in [5.74, 6) is -8.74. The second-order valence-corrected chi connectivity index (χ2v) is 13.1. The molecule has 0 unspecified atom stereocenters. The fourth-order valence-electron chi connectivity index (χ4n) is 7.94. The van der Waals surface area contributed by atoms with Crippen molar-refractivity contribution >= 4 is 58.7 Å². The number of carbonyl (C=O) groups is 5. The SMILES string of the molecule is NC(=O)N1C(=O)[C@H]2[C@H](CC=C3[C@H]2C[C@H]2C(=O)N(Nc4ncc(C(F)(F)F)cc4Cl)C(=O)[C@@]2(c2ccc(Cl)cc2)[C@H]3c2ccc(CO)o2)C1=O. The molecule has 3 fully saturated rings. The van der Waals surface area contributed by atoms with Crippen molar-refractivity contribution in [2.24, 2.45) is 29.4 Å². The molecule has 3 aromatic rings. The number of imide groups is 4. The van der Waals surface area contributed by atoms with Crippen LogP contribution in [0.5, 0.6) is 0 Å². The monoisotopic (exact) mass is 717 g/mol. The average molecular weight is 718 g/mol. The summed E-state index contributed by atoms with van der Waals surface area (Å²) in [7, 11) is 0. The lowest BCUT2D eigenvalue weighted by Crippen LogP contribution is -2.53. The number of aliphatic hydroxyl groups is 1. The normalized spacial score (nSPS) is 28.0. The number of likely N-dealkylation sites (tertiary alicyclic amines) is 1. The van der Waals surface area contributed by atoms with E-state index in [1.807, 2.05) is 0 Å². The Hall–Kier alpha value is -4.73. The summed E-state index contributed by atoms with van der Waals surface area (Å²) in [5.41, 5.74) is 5.74. The lowest BCUT2D eigenvalue weighted by molar-refractivity contribution is -0.140. The van der Waals surface area contributed by atoms with Crippen LogP contribution in [0.2, 0.25) is 10.0 Å². The molecule has 1 aromatic carbocycles. The van der Waals surface area contributed by atoms with Gasteiger partial charge < -0.3 is 15.3 Å². The van der Waals surface area contributed by atoms with Crippen LogP contribution in [0.3, 0.4) is 0 Å². The fraction of sp³-hybridized carbons (Fsp3) is 0.312. The Bertz CT molecular complexity index is 1980. The zero-order chi connectivity index (χ0) is 35.2. The standard InChI is InChI=1S/C32H24Cl2F3N5O7/c33-15-3-1-13(2-4-15)31-20(27(45)42(29(31)47)40-25-21(34)9-14(11-39-25)32(35,36)37)10-19-17(24(31)22-8-5-16(12-43)49-22)6-7-18-23(19)28(46)41(26(18)44)30(38)48/h1-6,8-9,11,18-20,23-24,43H,7,10,12H2,(H2,38,48)(H,39,40)/t18-,19+,20-,23-,24+,31+/m0/s1. The zero-order valence-corrected chi connectivity index (χ0v) is 26.4. The number of fused-ring (bicyclic) bond motifs is 4. The van der Waals surface area contributed by atoms with Crippen LogP contribution in [0.25, 0.3) is 0 Å². The second-order valence-electron chi connectivity index (χ2n) is 12.2. The number of halogens is 5. The number of carbonyl (C=O) groups excluding carboxylic acids is 5. The summed E-state index contributed by atoms with van der Waals surface area (Å²) in [5, 5.41) is 10.3. The first-order valence-electron chi connectivity index (χ1n) is 14.9. The van der Waals surface area contributed by atoms with E-state index in [1.54, 1.807) is 18.2 Å². The molecule has 4 heterocycles. The van der Waals surface area contributed by atoms with Crippen LogP contribution in [0, 0.1) is 23.7 Å². The van der Waals surface area contributed by atoms with Gasteiger partial charge in [-0.25, -0.2) is 9.78 Å². The maximum absolute atomic E-state index is 15.0. The quantitative estimate of drug-likeness (QED) is 0.252. The Labute approximate surface area is 284 Å². The van der Waals surface area contributed by atoms with Crippen LogP contribution in [-0.2, 0) is 37.4 Å². The van der Waals surface area contributed by atoms with E-state index in [9.17, 15) is 42.3 Å². The molecule has 17 heteroatoms. The average Bonchev–Trinajstić information content (AvgIpc) is 3.69. The van der Waals surface area contributed by atoms with Crippen molar-refractivity contribution in [3.05, 3.63) is 93.0 Å². The van der Waals surface area contributed by atoms with Gasteiger partial charge in [0.15, 0.2) is 5.82 Å². The van der Waals surface area contributed by atoms with E-state index in [0.29, 0.717) is 38.3 Å². The molecular weight excluding hydrogens is 694 g/mol. The molecule has 6 atom stereocenters. The van der Waals surface area contributed by atoms with Gasteiger partial charge in [-0.3, -0.25) is 24.6 Å². The molecule has 4 N–H and O–H groups in total. The molecule has 6 amide bonds. The highest BCUT2D eigenvalue weighted by Crippen LogP contribution is 2.64. The summed E-state index contributed by atoms with van der Waals surface area (Å²) in [4.78, 5) is 72.6. The van der Waals surface area contributed by atoms with E-state index >= 15 is 0 Å². The van der Waals surface area contributed by atoms with Crippen molar-refractivity contribution in [2.45, 2.75) is 37.0 Å². The zero-order valence-electron chi connectivity index (χ0n) is 24.9. The van der Waals surface area contributed by atoms with Gasteiger partial charge >= 0.3 is 12.2 Å². The molecule has 0 spiro atoms. The summed E-state index contributed by atoms with van der Waals surface area (Å²) >= 11 is 12.4. The van der Waals surface area contributed by atoms with Crippen molar-refractivity contribution in [1.29, 1.82) is 0 Å². The smallest absolute Gasteiger partial charge is 0.417 e. The van der Waals surface area contributed by atoms with Crippen LogP contribution in [-0.4, -0.2) is 49.7 Å². The molecule has 2 aliphatic carbocycles. The number of hydrogen-bond acceptors (Lipinski definition) is 9. The highest BCUT2D eigenvalue weighted by molar-refractivity contribution is 6.33. The van der Waals surface area contributed by atoms with Crippen molar-refractivity contribution < 1.29 is 46.7 Å². The minimum Gasteiger partial charge on any atom is -0.463 e. The maximum Gasteiger partial charge on any atom is 0.417 e. The number of aliphatic hydroxyl groups excluding tert-OH is 1. The number of rotatable bonds is 5. The molecule has 7 rings (SSSR count). The Balaban J connectivity index is 1.42. The van der Waals surface area contributed by atoms with Crippen LogP contribution >= 0.6 is 23.2 Å². The van der Waals surface area contributed by atoms with Gasteiger partial charge in [-0.1, -0.05) is 47.0 Å². The highest BCUT2D eigenvalue weighted by Gasteiger charge is 2.71. The number of nitrogens with two attached hydrogens (primary N) is 1. The van der Waals surface area contributed by atoms with E-state index < -0.39 is 93.9 Å². The first-order chi connectivity index (χ1) is 23.2. The summed E-state index contributed by atoms with van der Waals surface area (Å²) in [6, 6.07) is 8.52. The Morgan fingerprint density at radius 2 is 1.78 bits per heavy atom. The molecule has 2 aliphatic heterocycles. The van der Waals surface area contributed by atoms with Crippen LogP contribution in [0.1, 0.15) is 41.4 Å². The number of anilines is 1. The third kappa shape index (κ3) is 4.77. The predicted molar refractivity (Wildman–Crippen MR) is 163 cm³/mol. The van der Waals surface area contributed by atoms with E-state index in [4.69, 9.17) is 33.4 Å². The number of pyridine rings is 1. The highest BCUT2D eigenvalue weighted by atomic mass is 35.5. The van der Waals surface area contributed by atoms with Crippen LogP contribution in [0.4, 0.5) is 23.8 Å². The molecule has 4 aliphatic rings. The molecule has 12 nitrogen and oxygen atoms in total. The van der Waals surface area contributed by atoms with Crippen molar-refractivity contribution in [1.82, 2.24) is 14.9 Å². The molecular formula is C32H24Cl2F3N5O7. The third-order valence-electron chi connectivity index (χ3n) is 9.90. The van der Waals surface area contributed by atoms with Crippen molar-refractivity contribution in [2.75, 3.05) is 5.43 Å². The van der Waals surface area contributed by atoms with Crippen molar-refractivity contribution in [3.63, 3.8) is 0 Å². The summed E-state index contributed by atoms with van der Waals surface area (Å²) < 4.78 is 46.0. The minimum atomic E-state index is -4.77. The number of nitrogens with zero attached hydrogens (tertiary/aromatic N) is 3. The van der Waals surface area contributed by atoms with Gasteiger partial charge in [-0.2, -0.15) is 23.1 Å². The Morgan fingerprint density at radius 1 is 1.06 bits per heavy atom. The molecule has 0 radical (unpaired) electrons. The molecule has 254 valence electrons. The molecule has 2 aromatic heterocycles. The Kier molecular flexibility index (Phi) is 7.65. The number of hydrazine groups is 1. The maximum atomic E-state index is 15.0. The van der Waals surface area contributed by atoms with Gasteiger partial charge in [0, 0.05) is 11.2 Å². The largest absolute Gasteiger partial charge is 0.463 e. The third-order valence-corrected chi connectivity index (χ3v) is 10.4. The molecule has 1 saturated carbocycles. The topological polar surface area (TPSA) is 176 Å². The van der Waals surface area contributed by atoms with E-state index in [2.05, 4.69) is 10.4 Å². The van der Waals surface area contributed by atoms with E-state index in [0.717, 1.165) is 0 Å². The predicted octanol–water partition coefficient (Wildman–Crippen LogP) is 4.56. The van der Waals surface area contributed by atoms with Crippen LogP contribution < -0.4 is 11.2 Å². The van der Waals surface area contributed by atoms with E-state index in [1.165, 1.54) is 24.3 Å². The van der Waals surface area contributed by atoms with E-state index in [-0.39, 0.29) is 24.4 Å². The Morgan fingerprint density at radius 3 is 2.39 bits per heavy atom. The molecule has 0 bridgehead atoms. The van der Waals surface area contributed by atoms with Crippen LogP contribution in [0.15, 0.2) is 64.7 Å². The first kappa shape index (κ1) is 32.8. The number of nitrogens with one attached hydrogen (secondary N) is 1. The van der Waals surface area contributed by atoms with Gasteiger partial charge in [0.1, 0.15) is 23.5 Å². The van der Waals surface area contributed by atoms with Gasteiger partial charge in [-0.15, -0.1) is 0 Å². The van der Waals surface area contributed by atoms with Crippen molar-refractivity contribution in [3.8, 4) is 0 Å². The number of furan rings is 1. The molecule has 2 saturated heterocycles. The number of urea groups is 1. The lowest BCUT2D eigenvalue weighted by Gasteiger charge is -2.49. The minimum absolute atomic E-state index is 0.00542. The second kappa shape index (κ2) is 11.4. The number of primary amides is 1. The van der Waals surface area contributed by atoms with Gasteiger partial charge in [-0.05, 0) is 54.7 Å². The summed E-state index contributed by atoms with van der Waals surface area (Å²) in [6.07, 6.45) is -2.73. The van der Waals surface area contributed by atoms with Gasteiger partial charge in [0.2, 0.25) is 11.8 Å². The molecule has 49 heavy (non-hydrogen) atoms. The number of hydrogen-bond donors (Lipinski definition) is 3. The summed E-state index contributed by atoms with van der Waals surface area (Å²) in [6.45, 7) is -0.503. The first-order valence-corrected chi connectivity index (χ1v) is 15.7. The van der Waals surface area contributed by atoms with Gasteiger partial charge in [0.05, 0.1) is 34.3 Å². The number of allylic oxidation sites excluding steroid dienone is 2. The number of alkyl halides is 3. The van der Waals surface area contributed by atoms with Gasteiger partial charge in [0.25, 0.3) is 11.8 Å². The number of benzene rings is 1. The number of amides is 6.